The second kappa shape index (κ2) is 8.31. The van der Waals surface area contributed by atoms with Crippen LogP contribution in [0.2, 0.25) is 0 Å². The van der Waals surface area contributed by atoms with E-state index in [1.54, 1.807) is 0 Å². The van der Waals surface area contributed by atoms with E-state index in [9.17, 15) is 0 Å². The van der Waals surface area contributed by atoms with Gasteiger partial charge < -0.3 is 10.6 Å². The van der Waals surface area contributed by atoms with Gasteiger partial charge in [0.2, 0.25) is 0 Å². The number of hydrogen-bond acceptors (Lipinski definition) is 6. The first-order valence-corrected chi connectivity index (χ1v) is 9.29. The summed E-state index contributed by atoms with van der Waals surface area (Å²) in [5.41, 5.74) is 8.38. The van der Waals surface area contributed by atoms with Crippen molar-refractivity contribution in [3.8, 4) is 11.3 Å². The smallest absolute Gasteiger partial charge is 0.113 e. The third-order valence-corrected chi connectivity index (χ3v) is 5.22. The molecule has 7 heteroatoms. The molecule has 0 saturated heterocycles. The Morgan fingerprint density at radius 3 is 2.57 bits per heavy atom. The molecule has 114 valence electrons. The van der Waals surface area contributed by atoms with Crippen LogP contribution in [0.25, 0.3) is 11.3 Å². The number of nitrogens with two attached hydrogens (primary N) is 1. The van der Waals surface area contributed by atoms with Gasteiger partial charge in [-0.25, -0.2) is 0 Å². The minimum absolute atomic E-state index is 0.761. The molecule has 0 aliphatic rings. The van der Waals surface area contributed by atoms with E-state index in [4.69, 9.17) is 5.73 Å². The Hall–Kier alpha value is -1.18. The van der Waals surface area contributed by atoms with E-state index in [0.717, 1.165) is 41.5 Å². The summed E-state index contributed by atoms with van der Waals surface area (Å²) in [6.07, 6.45) is 1.98. The van der Waals surface area contributed by atoms with Crippen molar-refractivity contribution < 1.29 is 0 Å². The van der Waals surface area contributed by atoms with Gasteiger partial charge in [-0.15, -0.1) is 5.10 Å². The minimum atomic E-state index is 0.761. The summed E-state index contributed by atoms with van der Waals surface area (Å²) in [7, 11) is 7.98. The van der Waals surface area contributed by atoms with Crippen LogP contribution in [0.15, 0.2) is 30.5 Å². The largest absolute Gasteiger partial charge is 0.399 e. The molecule has 0 unspecified atom stereocenters. The summed E-state index contributed by atoms with van der Waals surface area (Å²) < 4.78 is 1.89. The van der Waals surface area contributed by atoms with Crippen molar-refractivity contribution in [2.24, 2.45) is 0 Å². The zero-order chi connectivity index (χ0) is 15.1. The van der Waals surface area contributed by atoms with Crippen LogP contribution in [0.4, 0.5) is 5.69 Å². The molecular weight excluding hydrogens is 302 g/mol. The van der Waals surface area contributed by atoms with Gasteiger partial charge in [0.15, 0.2) is 0 Å². The van der Waals surface area contributed by atoms with E-state index in [2.05, 4.69) is 29.3 Å². The summed E-state index contributed by atoms with van der Waals surface area (Å²) in [6, 6.07) is 7.70. The topological polar surface area (TPSA) is 60.0 Å². The Labute approximate surface area is 133 Å². The van der Waals surface area contributed by atoms with Crippen LogP contribution >= 0.6 is 21.6 Å². The van der Waals surface area contributed by atoms with E-state index >= 15 is 0 Å². The fraction of sp³-hybridized carbons (Fsp3) is 0.429. The summed E-state index contributed by atoms with van der Waals surface area (Å²) in [6.45, 7) is 1.99. The highest BCUT2D eigenvalue weighted by molar-refractivity contribution is 8.76. The lowest BCUT2D eigenvalue weighted by atomic mass is 10.1. The second-order valence-corrected chi connectivity index (χ2v) is 7.64. The monoisotopic (exact) mass is 323 g/mol. The van der Waals surface area contributed by atoms with Gasteiger partial charge in [0.1, 0.15) is 5.69 Å². The third-order valence-electron chi connectivity index (χ3n) is 2.85. The zero-order valence-corrected chi connectivity index (χ0v) is 14.0. The van der Waals surface area contributed by atoms with Gasteiger partial charge >= 0.3 is 0 Å². The number of nitrogens with zero attached hydrogens (tertiary/aromatic N) is 4. The van der Waals surface area contributed by atoms with Gasteiger partial charge in [0, 0.05) is 29.3 Å². The van der Waals surface area contributed by atoms with E-state index < -0.39 is 0 Å². The molecule has 21 heavy (non-hydrogen) atoms. The molecule has 1 heterocycles. The van der Waals surface area contributed by atoms with Gasteiger partial charge in [-0.3, -0.25) is 4.68 Å². The molecule has 1 aromatic carbocycles. The number of hydrogen-bond donors (Lipinski definition) is 1. The highest BCUT2D eigenvalue weighted by Gasteiger charge is 2.03. The molecule has 2 rings (SSSR count). The fourth-order valence-corrected chi connectivity index (χ4v) is 3.75. The number of aryl methyl sites for hydroxylation is 1. The Kier molecular flexibility index (Phi) is 6.41. The van der Waals surface area contributed by atoms with Crippen molar-refractivity contribution >= 4 is 27.3 Å². The molecule has 0 fully saturated rings. The summed E-state index contributed by atoms with van der Waals surface area (Å²) in [5, 5.41) is 8.37. The summed E-state index contributed by atoms with van der Waals surface area (Å²) >= 11 is 0. The van der Waals surface area contributed by atoms with Crippen molar-refractivity contribution in [2.45, 2.75) is 6.54 Å². The fourth-order valence-electron chi connectivity index (χ4n) is 1.66. The van der Waals surface area contributed by atoms with Crippen LogP contribution in [0.1, 0.15) is 0 Å². The molecule has 5 nitrogen and oxygen atoms in total. The van der Waals surface area contributed by atoms with Crippen LogP contribution in [0.3, 0.4) is 0 Å². The maximum atomic E-state index is 5.68. The normalized spacial score (nSPS) is 11.2. The highest BCUT2D eigenvalue weighted by Crippen LogP contribution is 2.21. The Morgan fingerprint density at radius 1 is 1.14 bits per heavy atom. The summed E-state index contributed by atoms with van der Waals surface area (Å²) in [4.78, 5) is 2.20. The highest BCUT2D eigenvalue weighted by atomic mass is 33.1. The number of anilines is 1. The lowest BCUT2D eigenvalue weighted by Crippen LogP contribution is -2.14. The average Bonchev–Trinajstić information content (AvgIpc) is 2.92. The molecule has 2 aromatic rings. The predicted molar refractivity (Wildman–Crippen MR) is 93.3 cm³/mol. The van der Waals surface area contributed by atoms with Crippen molar-refractivity contribution in [3.63, 3.8) is 0 Å². The molecule has 0 aliphatic heterocycles. The molecule has 0 atom stereocenters. The maximum absolute atomic E-state index is 5.68. The van der Waals surface area contributed by atoms with E-state index in [1.807, 2.05) is 56.7 Å². The molecular formula is C14H21N5S2. The van der Waals surface area contributed by atoms with E-state index in [0.29, 0.717) is 0 Å². The maximum Gasteiger partial charge on any atom is 0.113 e. The van der Waals surface area contributed by atoms with Crippen LogP contribution in [0.5, 0.6) is 0 Å². The first-order valence-electron chi connectivity index (χ1n) is 6.80. The van der Waals surface area contributed by atoms with Crippen molar-refractivity contribution in [3.05, 3.63) is 30.5 Å². The van der Waals surface area contributed by atoms with E-state index in [-0.39, 0.29) is 0 Å². The molecule has 0 radical (unpaired) electrons. The first kappa shape index (κ1) is 16.2. The Balaban J connectivity index is 1.74. The quantitative estimate of drug-likeness (QED) is 0.457. The third kappa shape index (κ3) is 5.61. The molecule has 2 N–H and O–H groups in total. The SMILES string of the molecule is CN(C)CCSSCCn1cc(-c2ccc(N)cc2)nn1. The van der Waals surface area contributed by atoms with Crippen LogP contribution < -0.4 is 5.73 Å². The lowest BCUT2D eigenvalue weighted by Gasteiger charge is -2.07. The Morgan fingerprint density at radius 2 is 1.86 bits per heavy atom. The predicted octanol–water partition coefficient (Wildman–Crippen LogP) is 2.47. The van der Waals surface area contributed by atoms with Gasteiger partial charge in [-0.2, -0.15) is 0 Å². The van der Waals surface area contributed by atoms with Crippen molar-refractivity contribution in [2.75, 3.05) is 37.9 Å². The van der Waals surface area contributed by atoms with Crippen LogP contribution in [-0.2, 0) is 6.54 Å². The summed E-state index contributed by atoms with van der Waals surface area (Å²) in [5.74, 6) is 2.17. The molecule has 1 aromatic heterocycles. The van der Waals surface area contributed by atoms with Crippen LogP contribution in [0, 0.1) is 0 Å². The van der Waals surface area contributed by atoms with Gasteiger partial charge in [-0.05, 0) is 26.2 Å². The molecule has 0 spiro atoms. The Bertz CT molecular complexity index is 539. The zero-order valence-electron chi connectivity index (χ0n) is 12.4. The number of nitrogen functional groups attached to an aromatic ring is 1. The molecule has 0 saturated carbocycles. The number of aromatic nitrogens is 3. The van der Waals surface area contributed by atoms with Crippen molar-refractivity contribution in [1.29, 1.82) is 0 Å². The average molecular weight is 323 g/mol. The standard InChI is InChI=1S/C14H21N5S2/c1-18(2)7-9-20-21-10-8-19-11-14(16-17-19)12-3-5-13(15)6-4-12/h3-6,11H,7-10,15H2,1-2H3. The van der Waals surface area contributed by atoms with Crippen LogP contribution in [-0.4, -0.2) is 52.0 Å². The van der Waals surface area contributed by atoms with Gasteiger partial charge in [0.25, 0.3) is 0 Å². The molecule has 0 aliphatic carbocycles. The van der Waals surface area contributed by atoms with Gasteiger partial charge in [0.05, 0.1) is 12.7 Å². The minimum Gasteiger partial charge on any atom is -0.399 e. The molecule has 0 amide bonds. The number of rotatable bonds is 8. The number of benzene rings is 1. The first-order chi connectivity index (χ1) is 10.1. The molecule has 0 bridgehead atoms. The van der Waals surface area contributed by atoms with E-state index in [1.165, 1.54) is 0 Å². The second-order valence-electron chi connectivity index (χ2n) is 4.94. The lowest BCUT2D eigenvalue weighted by molar-refractivity contribution is 0.438. The van der Waals surface area contributed by atoms with Crippen molar-refractivity contribution in [1.82, 2.24) is 19.9 Å². The van der Waals surface area contributed by atoms with Gasteiger partial charge in [-0.1, -0.05) is 38.9 Å².